The summed E-state index contributed by atoms with van der Waals surface area (Å²) in [5.41, 5.74) is 4.67. The van der Waals surface area contributed by atoms with Crippen LogP contribution in [0.15, 0.2) is 65.7 Å². The average Bonchev–Trinajstić information content (AvgIpc) is 3.35. The van der Waals surface area contributed by atoms with E-state index in [0.717, 1.165) is 11.1 Å². The van der Waals surface area contributed by atoms with Crippen LogP contribution >= 0.6 is 23.6 Å². The lowest BCUT2D eigenvalue weighted by Crippen LogP contribution is -1.82. The number of thiophene rings is 1. The molecule has 128 valence electrons. The highest BCUT2D eigenvalue weighted by Gasteiger charge is 2.11. The molecule has 0 saturated heterocycles. The first-order valence-electron chi connectivity index (χ1n) is 8.52. The van der Waals surface area contributed by atoms with Gasteiger partial charge in [-0.05, 0) is 78.0 Å². The molecule has 0 unspecified atom stereocenters. The van der Waals surface area contributed by atoms with Gasteiger partial charge in [0, 0.05) is 9.75 Å². The first-order chi connectivity index (χ1) is 12.7. The molecular weight excluding hydrogens is 361 g/mol. The third-order valence-electron chi connectivity index (χ3n) is 4.58. The largest absolute Gasteiger partial charge is 0.205 e. The number of rotatable bonds is 4. The second-order valence-electron chi connectivity index (χ2n) is 6.23. The second kappa shape index (κ2) is 7.46. The molecule has 26 heavy (non-hydrogen) atoms. The maximum atomic E-state index is 14.0. The Morgan fingerprint density at radius 2 is 1.65 bits per heavy atom. The predicted octanol–water partition coefficient (Wildman–Crippen LogP) is 7.52. The maximum Gasteiger partial charge on any atom is 0.150 e. The minimum atomic E-state index is -0.392. The zero-order chi connectivity index (χ0) is 17.9. The van der Waals surface area contributed by atoms with E-state index in [1.54, 1.807) is 6.07 Å². The van der Waals surface area contributed by atoms with Crippen molar-refractivity contribution < 1.29 is 4.39 Å². The highest BCUT2D eigenvalue weighted by atomic mass is 32.1. The second-order valence-corrected chi connectivity index (χ2v) is 7.50. The van der Waals surface area contributed by atoms with E-state index in [1.807, 2.05) is 29.5 Å². The van der Waals surface area contributed by atoms with Gasteiger partial charge in [-0.1, -0.05) is 36.4 Å². The lowest BCUT2D eigenvalue weighted by atomic mass is 10.0. The molecule has 1 aromatic heterocycles. The van der Waals surface area contributed by atoms with Crippen LogP contribution in [0.25, 0.3) is 27.1 Å². The monoisotopic (exact) mass is 377 g/mol. The molecule has 1 nitrogen and oxygen atoms in total. The Balaban J connectivity index is 1.59. The molecule has 0 spiro atoms. The van der Waals surface area contributed by atoms with Crippen LogP contribution in [0.3, 0.4) is 0 Å². The van der Waals surface area contributed by atoms with Crippen LogP contribution in [0.1, 0.15) is 24.1 Å². The predicted molar refractivity (Wildman–Crippen MR) is 112 cm³/mol. The fourth-order valence-electron chi connectivity index (χ4n) is 3.21. The highest BCUT2D eigenvalue weighted by molar-refractivity contribution is 7.78. The summed E-state index contributed by atoms with van der Waals surface area (Å²) >= 11 is 6.37. The Kier molecular flexibility index (Phi) is 4.89. The van der Waals surface area contributed by atoms with Crippen molar-refractivity contribution in [3.8, 4) is 21.6 Å². The summed E-state index contributed by atoms with van der Waals surface area (Å²) in [5, 5.41) is 2.20. The molecule has 1 heterocycles. The Morgan fingerprint density at radius 1 is 0.923 bits per heavy atom. The van der Waals surface area contributed by atoms with Gasteiger partial charge in [0.25, 0.3) is 0 Å². The van der Waals surface area contributed by atoms with Crippen LogP contribution in [-0.2, 0) is 0 Å². The van der Waals surface area contributed by atoms with Crippen LogP contribution < -0.4 is 0 Å². The standard InChI is InChI=1S/C22H16FNS2/c23-19-13-18(9-10-20(19)24-14-25)15-5-7-17(8-6-15)22-12-11-21(26-22)16-3-1-2-4-16/h3,5-13H,1-2,4H2. The smallest absolute Gasteiger partial charge is 0.150 e. The van der Waals surface area contributed by atoms with Gasteiger partial charge < -0.3 is 0 Å². The number of isothiocyanates is 1. The summed E-state index contributed by atoms with van der Waals surface area (Å²) in [6, 6.07) is 17.6. The molecule has 0 atom stereocenters. The van der Waals surface area contributed by atoms with Gasteiger partial charge in [-0.3, -0.25) is 0 Å². The molecular formula is C22H16FNS2. The maximum absolute atomic E-state index is 14.0. The quantitative estimate of drug-likeness (QED) is 0.338. The van der Waals surface area contributed by atoms with E-state index in [4.69, 9.17) is 0 Å². The number of halogens is 1. The molecule has 4 heteroatoms. The van der Waals surface area contributed by atoms with Gasteiger partial charge >= 0.3 is 0 Å². The number of hydrogen-bond acceptors (Lipinski definition) is 3. The Labute approximate surface area is 161 Å². The molecule has 1 aliphatic carbocycles. The molecule has 0 N–H and O–H groups in total. The molecule has 4 rings (SSSR count). The summed E-state index contributed by atoms with van der Waals surface area (Å²) in [6.45, 7) is 0. The van der Waals surface area contributed by atoms with Gasteiger partial charge in [-0.25, -0.2) is 4.39 Å². The van der Waals surface area contributed by atoms with Crippen molar-refractivity contribution in [2.24, 2.45) is 4.99 Å². The van der Waals surface area contributed by atoms with Gasteiger partial charge in [0.15, 0.2) is 0 Å². The lowest BCUT2D eigenvalue weighted by molar-refractivity contribution is 0.630. The van der Waals surface area contributed by atoms with Crippen molar-refractivity contribution in [3.63, 3.8) is 0 Å². The molecule has 0 saturated carbocycles. The first kappa shape index (κ1) is 17.0. The van der Waals surface area contributed by atoms with Crippen molar-refractivity contribution in [1.29, 1.82) is 0 Å². The normalized spacial score (nSPS) is 13.3. The van der Waals surface area contributed by atoms with Crippen molar-refractivity contribution in [1.82, 2.24) is 0 Å². The van der Waals surface area contributed by atoms with Crippen LogP contribution in [0.4, 0.5) is 10.1 Å². The zero-order valence-corrected chi connectivity index (χ0v) is 15.7. The summed E-state index contributed by atoms with van der Waals surface area (Å²) in [6.07, 6.45) is 6.00. The summed E-state index contributed by atoms with van der Waals surface area (Å²) in [4.78, 5) is 6.35. The molecule has 0 amide bonds. The minimum absolute atomic E-state index is 0.215. The van der Waals surface area contributed by atoms with Gasteiger partial charge in [-0.15, -0.1) is 11.3 Å². The zero-order valence-electron chi connectivity index (χ0n) is 14.0. The van der Waals surface area contributed by atoms with Crippen molar-refractivity contribution in [2.45, 2.75) is 19.3 Å². The summed E-state index contributed by atoms with van der Waals surface area (Å²) < 4.78 is 14.0. The van der Waals surface area contributed by atoms with E-state index in [2.05, 4.69) is 52.7 Å². The highest BCUT2D eigenvalue weighted by Crippen LogP contribution is 2.37. The lowest BCUT2D eigenvalue weighted by Gasteiger charge is -2.05. The number of nitrogens with zero attached hydrogens (tertiary/aromatic N) is 1. The fraction of sp³-hybridized carbons (Fsp3) is 0.136. The topological polar surface area (TPSA) is 12.4 Å². The van der Waals surface area contributed by atoms with Gasteiger partial charge in [0.05, 0.1) is 5.16 Å². The number of hydrogen-bond donors (Lipinski definition) is 0. The van der Waals surface area contributed by atoms with E-state index in [0.29, 0.717) is 0 Å². The third kappa shape index (κ3) is 3.45. The number of thiocarbonyl (C=S) groups is 1. The van der Waals surface area contributed by atoms with Crippen LogP contribution in [0.2, 0.25) is 0 Å². The minimum Gasteiger partial charge on any atom is -0.205 e. The molecule has 0 radical (unpaired) electrons. The average molecular weight is 378 g/mol. The van der Waals surface area contributed by atoms with E-state index >= 15 is 0 Å². The van der Waals surface area contributed by atoms with E-state index in [1.165, 1.54) is 46.2 Å². The van der Waals surface area contributed by atoms with Crippen LogP contribution in [-0.4, -0.2) is 5.16 Å². The van der Waals surface area contributed by atoms with Gasteiger partial charge in [-0.2, -0.15) is 4.99 Å². The Bertz CT molecular complexity index is 1020. The molecule has 0 fully saturated rings. The molecule has 3 aromatic rings. The van der Waals surface area contributed by atoms with Crippen molar-refractivity contribution in [2.75, 3.05) is 0 Å². The van der Waals surface area contributed by atoms with E-state index in [-0.39, 0.29) is 5.69 Å². The molecule has 2 aromatic carbocycles. The molecule has 0 aliphatic heterocycles. The molecule has 1 aliphatic rings. The van der Waals surface area contributed by atoms with Crippen molar-refractivity contribution in [3.05, 3.63) is 71.4 Å². The Hall–Kier alpha value is -2.39. The Morgan fingerprint density at radius 3 is 2.35 bits per heavy atom. The van der Waals surface area contributed by atoms with E-state index in [9.17, 15) is 4.39 Å². The number of aliphatic imine (C=N–C) groups is 1. The number of benzene rings is 2. The molecule has 0 bridgehead atoms. The number of allylic oxidation sites excluding steroid dienone is 2. The first-order valence-corrected chi connectivity index (χ1v) is 9.74. The van der Waals surface area contributed by atoms with E-state index < -0.39 is 5.82 Å². The van der Waals surface area contributed by atoms with Crippen LogP contribution in [0, 0.1) is 5.82 Å². The SMILES string of the molecule is Fc1cc(-c2ccc(-c3ccc(C4=CCCC4)s3)cc2)ccc1N=C=S. The summed E-state index contributed by atoms with van der Waals surface area (Å²) in [7, 11) is 0. The van der Waals surface area contributed by atoms with Gasteiger partial charge in [0.1, 0.15) is 11.5 Å². The van der Waals surface area contributed by atoms with Crippen molar-refractivity contribution >= 4 is 40.0 Å². The summed E-state index contributed by atoms with van der Waals surface area (Å²) in [5.74, 6) is -0.392. The fourth-order valence-corrected chi connectivity index (χ4v) is 4.39. The van der Waals surface area contributed by atoms with Crippen LogP contribution in [0.5, 0.6) is 0 Å². The van der Waals surface area contributed by atoms with Gasteiger partial charge in [0.2, 0.25) is 0 Å². The third-order valence-corrected chi connectivity index (χ3v) is 5.88.